The molecular formula is C20H17NO. The number of para-hydroxylation sites is 1. The van der Waals surface area contributed by atoms with Crippen LogP contribution in [-0.4, -0.2) is 4.98 Å². The summed E-state index contributed by atoms with van der Waals surface area (Å²) in [4.78, 5) is 4.21. The van der Waals surface area contributed by atoms with E-state index in [0.29, 0.717) is 5.92 Å². The molecule has 2 heterocycles. The summed E-state index contributed by atoms with van der Waals surface area (Å²) >= 11 is 0. The van der Waals surface area contributed by atoms with Crippen molar-refractivity contribution in [2.45, 2.75) is 19.8 Å². The Morgan fingerprint density at radius 3 is 2.50 bits per heavy atom. The topological polar surface area (TPSA) is 26.0 Å². The van der Waals surface area contributed by atoms with Crippen LogP contribution in [0.3, 0.4) is 0 Å². The summed E-state index contributed by atoms with van der Waals surface area (Å²) in [5, 5.41) is 2.19. The third-order valence-corrected chi connectivity index (χ3v) is 4.19. The van der Waals surface area contributed by atoms with Gasteiger partial charge in [0.25, 0.3) is 0 Å². The van der Waals surface area contributed by atoms with Gasteiger partial charge in [-0.15, -0.1) is 0 Å². The van der Waals surface area contributed by atoms with Crippen molar-refractivity contribution in [2.24, 2.45) is 0 Å². The fourth-order valence-corrected chi connectivity index (χ4v) is 2.92. The van der Waals surface area contributed by atoms with Crippen LogP contribution in [0.1, 0.15) is 25.3 Å². The molecule has 0 unspecified atom stereocenters. The van der Waals surface area contributed by atoms with Gasteiger partial charge >= 0.3 is 0 Å². The van der Waals surface area contributed by atoms with Crippen LogP contribution in [0.15, 0.2) is 65.3 Å². The SMILES string of the molecule is CC(C)c1ccc(-c2cccc3c2oc2ccncc23)cc1. The summed E-state index contributed by atoms with van der Waals surface area (Å²) in [6.07, 6.45) is 3.63. The van der Waals surface area contributed by atoms with Gasteiger partial charge in [-0.2, -0.15) is 0 Å². The highest BCUT2D eigenvalue weighted by Crippen LogP contribution is 2.35. The van der Waals surface area contributed by atoms with E-state index in [1.165, 1.54) is 11.1 Å². The van der Waals surface area contributed by atoms with Crippen molar-refractivity contribution in [2.75, 3.05) is 0 Å². The highest BCUT2D eigenvalue weighted by atomic mass is 16.3. The van der Waals surface area contributed by atoms with Crippen molar-refractivity contribution in [3.8, 4) is 11.1 Å². The number of fused-ring (bicyclic) bond motifs is 3. The molecule has 0 aliphatic carbocycles. The van der Waals surface area contributed by atoms with E-state index >= 15 is 0 Å². The number of benzene rings is 2. The number of aromatic nitrogens is 1. The van der Waals surface area contributed by atoms with E-state index in [2.05, 4.69) is 61.3 Å². The number of furan rings is 1. The molecule has 2 aromatic carbocycles. The maximum atomic E-state index is 6.08. The molecule has 0 saturated carbocycles. The van der Waals surface area contributed by atoms with Crippen molar-refractivity contribution in [3.63, 3.8) is 0 Å². The molecule has 0 fully saturated rings. The Morgan fingerprint density at radius 1 is 0.909 bits per heavy atom. The summed E-state index contributed by atoms with van der Waals surface area (Å²) in [5.74, 6) is 0.544. The second-order valence-corrected chi connectivity index (χ2v) is 5.93. The van der Waals surface area contributed by atoms with Crippen molar-refractivity contribution in [3.05, 3.63) is 66.5 Å². The molecule has 0 saturated heterocycles. The molecular weight excluding hydrogens is 270 g/mol. The van der Waals surface area contributed by atoms with Crippen molar-refractivity contribution in [1.29, 1.82) is 0 Å². The third-order valence-electron chi connectivity index (χ3n) is 4.19. The van der Waals surface area contributed by atoms with Gasteiger partial charge in [-0.1, -0.05) is 56.3 Å². The average Bonchev–Trinajstić information content (AvgIpc) is 2.93. The normalized spacial score (nSPS) is 11.6. The quantitative estimate of drug-likeness (QED) is 0.467. The fraction of sp³-hybridized carbons (Fsp3) is 0.150. The number of nitrogens with zero attached hydrogens (tertiary/aromatic N) is 1. The van der Waals surface area contributed by atoms with Gasteiger partial charge in [0.2, 0.25) is 0 Å². The predicted molar refractivity (Wildman–Crippen MR) is 91.0 cm³/mol. The number of pyridine rings is 1. The molecule has 0 N–H and O–H groups in total. The van der Waals surface area contributed by atoms with Crippen LogP contribution in [0.5, 0.6) is 0 Å². The summed E-state index contributed by atoms with van der Waals surface area (Å²) < 4.78 is 6.08. The molecule has 22 heavy (non-hydrogen) atoms. The third kappa shape index (κ3) is 2.00. The predicted octanol–water partition coefficient (Wildman–Crippen LogP) is 5.77. The lowest BCUT2D eigenvalue weighted by Crippen LogP contribution is -1.86. The van der Waals surface area contributed by atoms with Gasteiger partial charge in [-0.25, -0.2) is 0 Å². The van der Waals surface area contributed by atoms with Crippen LogP contribution < -0.4 is 0 Å². The van der Waals surface area contributed by atoms with E-state index in [4.69, 9.17) is 4.42 Å². The molecule has 108 valence electrons. The average molecular weight is 287 g/mol. The van der Waals surface area contributed by atoms with Gasteiger partial charge in [0, 0.05) is 28.7 Å². The Bertz CT molecular complexity index is 948. The molecule has 4 aromatic rings. The molecule has 2 heteroatoms. The largest absolute Gasteiger partial charge is 0.455 e. The Hall–Kier alpha value is -2.61. The minimum absolute atomic E-state index is 0.544. The monoisotopic (exact) mass is 287 g/mol. The zero-order chi connectivity index (χ0) is 15.1. The van der Waals surface area contributed by atoms with Crippen LogP contribution in [0.25, 0.3) is 33.1 Å². The molecule has 0 bridgehead atoms. The first-order chi connectivity index (χ1) is 10.7. The van der Waals surface area contributed by atoms with Gasteiger partial charge < -0.3 is 4.42 Å². The lowest BCUT2D eigenvalue weighted by molar-refractivity contribution is 0.669. The van der Waals surface area contributed by atoms with Crippen LogP contribution in [0.4, 0.5) is 0 Å². The van der Waals surface area contributed by atoms with Crippen molar-refractivity contribution in [1.82, 2.24) is 4.98 Å². The van der Waals surface area contributed by atoms with E-state index < -0.39 is 0 Å². The number of rotatable bonds is 2. The lowest BCUT2D eigenvalue weighted by Gasteiger charge is -2.07. The molecule has 0 amide bonds. The minimum atomic E-state index is 0.544. The lowest BCUT2D eigenvalue weighted by atomic mass is 9.98. The van der Waals surface area contributed by atoms with E-state index in [0.717, 1.165) is 27.5 Å². The van der Waals surface area contributed by atoms with E-state index in [-0.39, 0.29) is 0 Å². The highest BCUT2D eigenvalue weighted by molar-refractivity contribution is 6.09. The molecule has 0 radical (unpaired) electrons. The van der Waals surface area contributed by atoms with Crippen LogP contribution in [0, 0.1) is 0 Å². The molecule has 0 atom stereocenters. The van der Waals surface area contributed by atoms with Crippen LogP contribution >= 0.6 is 0 Å². The Kier molecular flexibility index (Phi) is 2.97. The molecule has 0 aliphatic heterocycles. The minimum Gasteiger partial charge on any atom is -0.455 e. The van der Waals surface area contributed by atoms with Crippen molar-refractivity contribution >= 4 is 21.9 Å². The number of hydrogen-bond donors (Lipinski definition) is 0. The first-order valence-electron chi connectivity index (χ1n) is 7.59. The first-order valence-corrected chi connectivity index (χ1v) is 7.59. The summed E-state index contributed by atoms with van der Waals surface area (Å²) in [7, 11) is 0. The molecule has 0 spiro atoms. The highest BCUT2D eigenvalue weighted by Gasteiger charge is 2.12. The van der Waals surface area contributed by atoms with E-state index in [1.807, 2.05) is 12.3 Å². The maximum Gasteiger partial charge on any atom is 0.143 e. The second kappa shape index (κ2) is 4.99. The Labute approximate surface area is 129 Å². The zero-order valence-electron chi connectivity index (χ0n) is 12.7. The molecule has 2 nitrogen and oxygen atoms in total. The van der Waals surface area contributed by atoms with Gasteiger partial charge in [0.1, 0.15) is 11.2 Å². The maximum absolute atomic E-state index is 6.08. The summed E-state index contributed by atoms with van der Waals surface area (Å²) in [5.41, 5.74) is 5.48. The first kappa shape index (κ1) is 13.1. The van der Waals surface area contributed by atoms with Gasteiger partial charge in [0.15, 0.2) is 0 Å². The van der Waals surface area contributed by atoms with Crippen LogP contribution in [0.2, 0.25) is 0 Å². The Balaban J connectivity index is 1.94. The fourth-order valence-electron chi connectivity index (χ4n) is 2.92. The molecule has 4 rings (SSSR count). The zero-order valence-corrected chi connectivity index (χ0v) is 12.7. The summed E-state index contributed by atoms with van der Waals surface area (Å²) in [6, 6.07) is 16.9. The second-order valence-electron chi connectivity index (χ2n) is 5.93. The summed E-state index contributed by atoms with van der Waals surface area (Å²) in [6.45, 7) is 4.42. The Morgan fingerprint density at radius 2 is 1.73 bits per heavy atom. The van der Waals surface area contributed by atoms with Gasteiger partial charge in [-0.3, -0.25) is 4.98 Å². The van der Waals surface area contributed by atoms with Gasteiger partial charge in [-0.05, 0) is 23.1 Å². The van der Waals surface area contributed by atoms with E-state index in [1.54, 1.807) is 6.20 Å². The molecule has 0 aliphatic rings. The van der Waals surface area contributed by atoms with Crippen LogP contribution in [-0.2, 0) is 0 Å². The van der Waals surface area contributed by atoms with E-state index in [9.17, 15) is 0 Å². The van der Waals surface area contributed by atoms with Gasteiger partial charge in [0.05, 0.1) is 0 Å². The number of hydrogen-bond acceptors (Lipinski definition) is 2. The standard InChI is InChI=1S/C20H17NO/c1-13(2)14-6-8-15(9-7-14)16-4-3-5-17-18-12-21-11-10-19(18)22-20(16)17/h3-13H,1-2H3. The molecule has 2 aromatic heterocycles. The van der Waals surface area contributed by atoms with Crippen molar-refractivity contribution < 1.29 is 4.42 Å². The smallest absolute Gasteiger partial charge is 0.143 e.